The highest BCUT2D eigenvalue weighted by molar-refractivity contribution is 6.77. The van der Waals surface area contributed by atoms with Crippen molar-refractivity contribution in [2.24, 2.45) is 35.0 Å². The van der Waals surface area contributed by atoms with Gasteiger partial charge in [0.2, 0.25) is 8.32 Å². The van der Waals surface area contributed by atoms with Gasteiger partial charge in [0.05, 0.1) is 12.7 Å². The fourth-order valence-corrected chi connectivity index (χ4v) is 14.3. The summed E-state index contributed by atoms with van der Waals surface area (Å²) >= 11 is 6.88. The lowest BCUT2D eigenvalue weighted by Gasteiger charge is -2.60. The summed E-state index contributed by atoms with van der Waals surface area (Å²) in [6, 6.07) is 0. The summed E-state index contributed by atoms with van der Waals surface area (Å²) in [4.78, 5) is 0. The van der Waals surface area contributed by atoms with E-state index in [1.807, 2.05) is 6.92 Å². The van der Waals surface area contributed by atoms with Gasteiger partial charge in [0.15, 0.2) is 0 Å². The molecule has 0 unspecified atom stereocenters. The largest absolute Gasteiger partial charge is 0.494 e. The maximum Gasteiger partial charge on any atom is 0.200 e. The summed E-state index contributed by atoms with van der Waals surface area (Å²) in [6.45, 7) is 23.8. The van der Waals surface area contributed by atoms with Gasteiger partial charge in [0, 0.05) is 11.0 Å². The van der Waals surface area contributed by atoms with Crippen molar-refractivity contribution in [3.8, 4) is 0 Å². The van der Waals surface area contributed by atoms with E-state index in [2.05, 4.69) is 67.2 Å². The Morgan fingerprint density at radius 3 is 2.22 bits per heavy atom. The molecule has 0 saturated heterocycles. The van der Waals surface area contributed by atoms with Gasteiger partial charge in [-0.1, -0.05) is 78.8 Å². The standard InChI is InChI=1S/C28H45ClO2Si/c1-10-30-20(9)21-13-22-24-15-25(29)19(8)26(28(24)11-12-28)23(14-21)27(22)31-32(16(2)3,17(4)5)18(6)7/h13,15-19,22-24,26-27H,9-12,14H2,1-8H3/t19-,22+,23-,24+,26-,27-/m1/s1. The highest BCUT2D eigenvalue weighted by Crippen LogP contribution is 2.73. The maximum atomic E-state index is 7.61. The molecule has 0 aromatic heterocycles. The molecule has 1 spiro atoms. The summed E-state index contributed by atoms with van der Waals surface area (Å²) in [5, 5.41) is 1.09. The molecule has 0 N–H and O–H groups in total. The van der Waals surface area contributed by atoms with Crippen molar-refractivity contribution in [3.63, 3.8) is 0 Å². The number of halogens is 1. The first-order valence-electron chi connectivity index (χ1n) is 13.1. The summed E-state index contributed by atoms with van der Waals surface area (Å²) in [6.07, 6.45) is 8.94. The molecule has 2 nitrogen and oxygen atoms in total. The molecular formula is C28H45ClO2Si. The highest BCUT2D eigenvalue weighted by atomic mass is 35.5. The molecule has 4 aliphatic carbocycles. The first-order valence-corrected chi connectivity index (χ1v) is 15.6. The third-order valence-electron chi connectivity index (χ3n) is 9.72. The molecule has 4 rings (SSSR count). The van der Waals surface area contributed by atoms with E-state index in [-0.39, 0.29) is 6.10 Å². The van der Waals surface area contributed by atoms with Crippen LogP contribution < -0.4 is 0 Å². The number of allylic oxidation sites excluding steroid dienone is 3. The van der Waals surface area contributed by atoms with Crippen LogP contribution in [0.15, 0.2) is 35.1 Å². The lowest BCUT2D eigenvalue weighted by atomic mass is 9.49. The fraction of sp³-hybridized carbons (Fsp3) is 0.786. The Balaban J connectivity index is 1.82. The molecule has 0 amide bonds. The SMILES string of the molecule is C=C(OCC)C1=C[C@@H]2[C@@H](O[Si](C(C)C)(C(C)C)C(C)C)[C@H](C1)[C@H]1[C@H](C)C(Cl)=C[C@@H]2C12CC2. The lowest BCUT2D eigenvalue weighted by Crippen LogP contribution is -2.61. The smallest absolute Gasteiger partial charge is 0.200 e. The molecule has 32 heavy (non-hydrogen) atoms. The molecule has 180 valence electrons. The summed E-state index contributed by atoms with van der Waals surface area (Å²) in [7, 11) is -1.99. The van der Waals surface area contributed by atoms with Gasteiger partial charge >= 0.3 is 0 Å². The Kier molecular flexibility index (Phi) is 6.62. The van der Waals surface area contributed by atoms with Crippen molar-refractivity contribution in [1.82, 2.24) is 0 Å². The second kappa shape index (κ2) is 8.61. The normalized spacial score (nSPS) is 35.2. The van der Waals surface area contributed by atoms with Gasteiger partial charge in [-0.3, -0.25) is 0 Å². The first kappa shape index (κ1) is 24.6. The highest BCUT2D eigenvalue weighted by Gasteiger charge is 2.68. The summed E-state index contributed by atoms with van der Waals surface area (Å²) in [5.41, 5.74) is 3.55. The monoisotopic (exact) mass is 476 g/mol. The van der Waals surface area contributed by atoms with Crippen LogP contribution in [0, 0.1) is 35.0 Å². The molecular weight excluding hydrogens is 432 g/mol. The van der Waals surface area contributed by atoms with E-state index in [0.717, 1.165) is 17.2 Å². The van der Waals surface area contributed by atoms with Gasteiger partial charge in [0.25, 0.3) is 0 Å². The quantitative estimate of drug-likeness (QED) is 0.258. The van der Waals surface area contributed by atoms with Crippen molar-refractivity contribution in [3.05, 3.63) is 35.1 Å². The zero-order chi connectivity index (χ0) is 23.6. The van der Waals surface area contributed by atoms with E-state index in [1.54, 1.807) is 0 Å². The Morgan fingerprint density at radius 1 is 1.12 bits per heavy atom. The van der Waals surface area contributed by atoms with Crippen LogP contribution in [0.1, 0.15) is 74.7 Å². The molecule has 4 aliphatic rings. The average molecular weight is 477 g/mol. The summed E-state index contributed by atoms with van der Waals surface area (Å²) < 4.78 is 13.5. The van der Waals surface area contributed by atoms with Gasteiger partial charge in [-0.25, -0.2) is 0 Å². The fourth-order valence-electron chi connectivity index (χ4n) is 8.46. The molecule has 4 bridgehead atoms. The number of fused-ring (bicyclic) bond motifs is 4. The Hall–Kier alpha value is -0.513. The van der Waals surface area contributed by atoms with Gasteiger partial charge in [-0.05, 0) is 77.5 Å². The third-order valence-corrected chi connectivity index (χ3v) is 16.3. The average Bonchev–Trinajstić information content (AvgIpc) is 3.48. The van der Waals surface area contributed by atoms with Crippen LogP contribution in [0.2, 0.25) is 16.6 Å². The molecule has 2 saturated carbocycles. The first-order chi connectivity index (χ1) is 15.0. The van der Waals surface area contributed by atoms with E-state index in [0.29, 0.717) is 58.2 Å². The predicted molar refractivity (Wildman–Crippen MR) is 138 cm³/mol. The van der Waals surface area contributed by atoms with E-state index in [4.69, 9.17) is 20.8 Å². The van der Waals surface area contributed by atoms with Crippen molar-refractivity contribution >= 4 is 19.9 Å². The van der Waals surface area contributed by atoms with E-state index in [1.165, 1.54) is 18.4 Å². The molecule has 0 aromatic carbocycles. The second-order valence-electron chi connectivity index (χ2n) is 12.0. The van der Waals surface area contributed by atoms with Gasteiger partial charge in [-0.15, -0.1) is 0 Å². The van der Waals surface area contributed by atoms with Crippen LogP contribution in [0.4, 0.5) is 0 Å². The Morgan fingerprint density at radius 2 is 1.72 bits per heavy atom. The molecule has 0 heterocycles. The summed E-state index contributed by atoms with van der Waals surface area (Å²) in [5.74, 6) is 3.25. The minimum absolute atomic E-state index is 0.289. The molecule has 0 radical (unpaired) electrons. The molecule has 4 heteroatoms. The van der Waals surface area contributed by atoms with Crippen molar-refractivity contribution < 1.29 is 9.16 Å². The van der Waals surface area contributed by atoms with E-state index >= 15 is 0 Å². The van der Waals surface area contributed by atoms with Crippen LogP contribution in [-0.4, -0.2) is 21.0 Å². The third kappa shape index (κ3) is 3.52. The number of hydrogen-bond acceptors (Lipinski definition) is 2. The molecule has 2 fully saturated rings. The molecule has 0 aromatic rings. The minimum Gasteiger partial charge on any atom is -0.494 e. The van der Waals surface area contributed by atoms with E-state index < -0.39 is 8.32 Å². The zero-order valence-corrected chi connectivity index (χ0v) is 23.3. The minimum atomic E-state index is -1.99. The van der Waals surface area contributed by atoms with Gasteiger partial charge < -0.3 is 9.16 Å². The van der Waals surface area contributed by atoms with Gasteiger partial charge in [0.1, 0.15) is 5.76 Å². The van der Waals surface area contributed by atoms with Gasteiger partial charge in [-0.2, -0.15) is 0 Å². The van der Waals surface area contributed by atoms with Crippen LogP contribution in [-0.2, 0) is 9.16 Å². The topological polar surface area (TPSA) is 18.5 Å². The van der Waals surface area contributed by atoms with Crippen LogP contribution in [0.25, 0.3) is 0 Å². The number of hydrogen-bond donors (Lipinski definition) is 0. The Bertz CT molecular complexity index is 784. The number of ether oxygens (including phenoxy) is 1. The van der Waals surface area contributed by atoms with Crippen LogP contribution in [0.3, 0.4) is 0 Å². The lowest BCUT2D eigenvalue weighted by molar-refractivity contribution is -0.0824. The Labute approximate surface area is 203 Å². The molecule has 6 atom stereocenters. The van der Waals surface area contributed by atoms with E-state index in [9.17, 15) is 0 Å². The van der Waals surface area contributed by atoms with Crippen LogP contribution in [0.5, 0.6) is 0 Å². The van der Waals surface area contributed by atoms with Crippen molar-refractivity contribution in [2.45, 2.75) is 97.4 Å². The second-order valence-corrected chi connectivity index (χ2v) is 17.9. The number of rotatable bonds is 8. The van der Waals surface area contributed by atoms with Crippen LogP contribution >= 0.6 is 11.6 Å². The maximum absolute atomic E-state index is 7.61. The van der Waals surface area contributed by atoms with Crippen molar-refractivity contribution in [2.75, 3.05) is 6.61 Å². The van der Waals surface area contributed by atoms with Crippen molar-refractivity contribution in [1.29, 1.82) is 0 Å². The zero-order valence-electron chi connectivity index (χ0n) is 21.6. The predicted octanol–water partition coefficient (Wildman–Crippen LogP) is 8.46. The molecule has 0 aliphatic heterocycles.